The molecule has 1 atom stereocenters. The minimum atomic E-state index is -4.35. The molecule has 29 heavy (non-hydrogen) atoms. The third-order valence-electron chi connectivity index (χ3n) is 4.64. The molecular formula is C19H20F3N5OS. The van der Waals surface area contributed by atoms with E-state index in [1.54, 1.807) is 6.07 Å². The first-order valence-electron chi connectivity index (χ1n) is 9.07. The van der Waals surface area contributed by atoms with Crippen LogP contribution in [0.4, 0.5) is 18.9 Å². The Morgan fingerprint density at radius 1 is 1.24 bits per heavy atom. The van der Waals surface area contributed by atoms with Gasteiger partial charge >= 0.3 is 6.18 Å². The van der Waals surface area contributed by atoms with Crippen LogP contribution in [-0.4, -0.2) is 53.3 Å². The van der Waals surface area contributed by atoms with Gasteiger partial charge in [0, 0.05) is 56.4 Å². The van der Waals surface area contributed by atoms with E-state index in [9.17, 15) is 23.2 Å². The van der Waals surface area contributed by atoms with Crippen LogP contribution in [-0.2, 0) is 6.18 Å². The minimum absolute atomic E-state index is 0.235. The third-order valence-corrected chi connectivity index (χ3v) is 5.69. The molecule has 2 aromatic rings. The summed E-state index contributed by atoms with van der Waals surface area (Å²) in [6.07, 6.45) is -2.93. The second kappa shape index (κ2) is 9.33. The average Bonchev–Trinajstić information content (AvgIpc) is 2.71. The highest BCUT2D eigenvalue weighted by Gasteiger charge is 2.31. The van der Waals surface area contributed by atoms with Gasteiger partial charge in [0.2, 0.25) is 0 Å². The van der Waals surface area contributed by atoms with Crippen molar-refractivity contribution in [2.45, 2.75) is 11.3 Å². The molecule has 1 aliphatic rings. The molecule has 154 valence electrons. The summed E-state index contributed by atoms with van der Waals surface area (Å²) in [6.45, 7) is 3.09. The van der Waals surface area contributed by atoms with Crippen LogP contribution >= 0.6 is 11.8 Å². The van der Waals surface area contributed by atoms with Crippen molar-refractivity contribution in [3.63, 3.8) is 0 Å². The van der Waals surface area contributed by atoms with Crippen LogP contribution in [0.3, 0.4) is 0 Å². The van der Waals surface area contributed by atoms with Crippen LogP contribution in [0.1, 0.15) is 5.56 Å². The molecule has 1 aromatic carbocycles. The van der Waals surface area contributed by atoms with Crippen molar-refractivity contribution in [2.24, 2.45) is 5.92 Å². The fourth-order valence-electron chi connectivity index (χ4n) is 3.11. The van der Waals surface area contributed by atoms with E-state index in [2.05, 4.69) is 20.9 Å². The van der Waals surface area contributed by atoms with E-state index >= 15 is 0 Å². The number of hydrogen-bond donors (Lipinski definition) is 1. The van der Waals surface area contributed by atoms with Gasteiger partial charge in [-0.15, -0.1) is 0 Å². The van der Waals surface area contributed by atoms with Gasteiger partial charge in [-0.3, -0.25) is 9.69 Å². The van der Waals surface area contributed by atoms with Gasteiger partial charge in [-0.1, -0.05) is 17.8 Å². The first-order valence-corrected chi connectivity index (χ1v) is 10.1. The highest BCUT2D eigenvalue weighted by molar-refractivity contribution is 7.99. The molecule has 0 radical (unpaired) electrons. The lowest BCUT2D eigenvalue weighted by Crippen LogP contribution is -2.48. The van der Waals surface area contributed by atoms with Gasteiger partial charge in [-0.25, -0.2) is 4.98 Å². The molecule has 0 amide bonds. The van der Waals surface area contributed by atoms with Crippen LogP contribution in [0.2, 0.25) is 0 Å². The Labute approximate surface area is 170 Å². The van der Waals surface area contributed by atoms with Gasteiger partial charge in [-0.05, 0) is 18.2 Å². The molecule has 1 aliphatic heterocycles. The Bertz CT molecular complexity index is 919. The minimum Gasteiger partial charge on any atom is -0.369 e. The number of nitriles is 1. The molecule has 0 bridgehead atoms. The molecule has 0 aliphatic carbocycles. The smallest absolute Gasteiger partial charge is 0.369 e. The number of nitrogens with one attached hydrogen (secondary N) is 1. The highest BCUT2D eigenvalue weighted by atomic mass is 32.2. The predicted octanol–water partition coefficient (Wildman–Crippen LogP) is 2.84. The van der Waals surface area contributed by atoms with E-state index in [0.717, 1.165) is 6.07 Å². The fraction of sp³-hybridized carbons (Fsp3) is 0.421. The number of rotatable bonds is 6. The monoisotopic (exact) mass is 423 g/mol. The molecule has 1 N–H and O–H groups in total. The summed E-state index contributed by atoms with van der Waals surface area (Å²) in [5.41, 5.74) is -0.320. The zero-order valence-corrected chi connectivity index (χ0v) is 16.3. The summed E-state index contributed by atoms with van der Waals surface area (Å²) in [5.74, 6) is 0.253. The first-order chi connectivity index (χ1) is 13.8. The normalized spacial score (nSPS) is 16.4. The maximum atomic E-state index is 12.9. The van der Waals surface area contributed by atoms with Gasteiger partial charge in [0.15, 0.2) is 5.16 Å². The maximum Gasteiger partial charge on any atom is 0.416 e. The summed E-state index contributed by atoms with van der Waals surface area (Å²) in [7, 11) is 0. The zero-order valence-electron chi connectivity index (χ0n) is 15.5. The van der Waals surface area contributed by atoms with Crippen LogP contribution in [0, 0.1) is 17.2 Å². The SMILES string of the molecule is N#CC(CSc1nccc(=O)[nH]1)CN1CCN(c2cccc(C(F)(F)F)c2)CC1. The molecule has 6 nitrogen and oxygen atoms in total. The number of H-pyrrole nitrogens is 1. The Kier molecular flexibility index (Phi) is 6.82. The Morgan fingerprint density at radius 2 is 2.00 bits per heavy atom. The number of nitrogens with zero attached hydrogens (tertiary/aromatic N) is 4. The number of hydrogen-bond acceptors (Lipinski definition) is 6. The molecule has 1 saturated heterocycles. The van der Waals surface area contributed by atoms with Crippen molar-refractivity contribution < 1.29 is 13.2 Å². The van der Waals surface area contributed by atoms with Crippen LogP contribution in [0.15, 0.2) is 46.5 Å². The second-order valence-corrected chi connectivity index (χ2v) is 7.72. The standard InChI is InChI=1S/C19H20F3N5OS/c20-19(21,22)15-2-1-3-16(10-15)27-8-6-26(7-9-27)12-14(11-23)13-29-18-24-5-4-17(28)25-18/h1-5,10,14H,6-9,12-13H2,(H,24,25,28). The average molecular weight is 423 g/mol. The van der Waals surface area contributed by atoms with E-state index in [1.807, 2.05) is 4.90 Å². The zero-order chi connectivity index (χ0) is 20.9. The number of anilines is 1. The van der Waals surface area contributed by atoms with Crippen LogP contribution in [0.25, 0.3) is 0 Å². The Morgan fingerprint density at radius 3 is 2.66 bits per heavy atom. The lowest BCUT2D eigenvalue weighted by Gasteiger charge is -2.37. The highest BCUT2D eigenvalue weighted by Crippen LogP contribution is 2.32. The maximum absolute atomic E-state index is 12.9. The Hall–Kier alpha value is -2.51. The van der Waals surface area contributed by atoms with Crippen molar-refractivity contribution in [1.29, 1.82) is 5.26 Å². The van der Waals surface area contributed by atoms with Crippen molar-refractivity contribution in [3.8, 4) is 6.07 Å². The summed E-state index contributed by atoms with van der Waals surface area (Å²) < 4.78 is 38.7. The largest absolute Gasteiger partial charge is 0.416 e. The lowest BCUT2D eigenvalue weighted by atomic mass is 10.1. The van der Waals surface area contributed by atoms with E-state index < -0.39 is 11.7 Å². The Balaban J connectivity index is 1.51. The predicted molar refractivity (Wildman–Crippen MR) is 105 cm³/mol. The summed E-state index contributed by atoms with van der Waals surface area (Å²) >= 11 is 1.32. The van der Waals surface area contributed by atoms with Crippen molar-refractivity contribution in [3.05, 3.63) is 52.4 Å². The molecule has 1 aromatic heterocycles. The quantitative estimate of drug-likeness (QED) is 0.569. The number of alkyl halides is 3. The van der Waals surface area contributed by atoms with Gasteiger partial charge < -0.3 is 9.88 Å². The molecule has 0 saturated carbocycles. The number of thioether (sulfide) groups is 1. The molecule has 2 heterocycles. The number of halogens is 3. The summed E-state index contributed by atoms with van der Waals surface area (Å²) in [6, 6.07) is 8.97. The van der Waals surface area contributed by atoms with Crippen LogP contribution < -0.4 is 10.5 Å². The van der Waals surface area contributed by atoms with E-state index in [1.165, 1.54) is 36.2 Å². The molecule has 1 unspecified atom stereocenters. The summed E-state index contributed by atoms with van der Waals surface area (Å²) in [5, 5.41) is 9.91. The number of piperazine rings is 1. The van der Waals surface area contributed by atoms with Crippen LogP contribution in [0.5, 0.6) is 0 Å². The number of aromatic amines is 1. The van der Waals surface area contributed by atoms with Gasteiger partial charge in [0.25, 0.3) is 5.56 Å². The van der Waals surface area contributed by atoms with Crippen molar-refractivity contribution >= 4 is 17.4 Å². The van der Waals surface area contributed by atoms with Crippen molar-refractivity contribution in [2.75, 3.05) is 43.4 Å². The lowest BCUT2D eigenvalue weighted by molar-refractivity contribution is -0.137. The molecule has 1 fully saturated rings. The van der Waals surface area contributed by atoms with Crippen molar-refractivity contribution in [1.82, 2.24) is 14.9 Å². The van der Waals surface area contributed by atoms with E-state index in [4.69, 9.17) is 0 Å². The number of benzene rings is 1. The van der Waals surface area contributed by atoms with Gasteiger partial charge in [0.05, 0.1) is 17.6 Å². The first kappa shape index (κ1) is 21.2. The molecule has 10 heteroatoms. The van der Waals surface area contributed by atoms with E-state index in [0.29, 0.717) is 49.3 Å². The van der Waals surface area contributed by atoms with Gasteiger partial charge in [0.1, 0.15) is 0 Å². The summed E-state index contributed by atoms with van der Waals surface area (Å²) in [4.78, 5) is 22.0. The molecule has 3 rings (SSSR count). The van der Waals surface area contributed by atoms with E-state index in [-0.39, 0.29) is 11.5 Å². The third kappa shape index (κ3) is 5.98. The molecule has 0 spiro atoms. The number of aromatic nitrogens is 2. The molecular weight excluding hydrogens is 403 g/mol. The second-order valence-electron chi connectivity index (χ2n) is 6.71. The van der Waals surface area contributed by atoms with Gasteiger partial charge in [-0.2, -0.15) is 18.4 Å². The fourth-order valence-corrected chi connectivity index (χ4v) is 3.96. The topological polar surface area (TPSA) is 76.0 Å².